The van der Waals surface area contributed by atoms with Crippen LogP contribution in [0.25, 0.3) is 0 Å². The molecule has 1 aliphatic heterocycles. The molecule has 22 heavy (non-hydrogen) atoms. The van der Waals surface area contributed by atoms with Gasteiger partial charge in [0.15, 0.2) is 0 Å². The summed E-state index contributed by atoms with van der Waals surface area (Å²) in [7, 11) is 0. The monoisotopic (exact) mass is 312 g/mol. The van der Waals surface area contributed by atoms with E-state index < -0.39 is 17.1 Å². The minimum absolute atomic E-state index is 0.0372. The summed E-state index contributed by atoms with van der Waals surface area (Å²) in [6, 6.07) is 0.347. The number of carbonyl (C=O) groups is 2. The Labute approximate surface area is 132 Å². The van der Waals surface area contributed by atoms with E-state index in [0.717, 1.165) is 6.42 Å². The number of nitrogens with one attached hydrogen (secondary N) is 1. The van der Waals surface area contributed by atoms with Gasteiger partial charge < -0.3 is 20.1 Å². The molecule has 2 atom stereocenters. The van der Waals surface area contributed by atoms with Gasteiger partial charge in [-0.25, -0.2) is 4.79 Å². The lowest BCUT2D eigenvalue weighted by molar-refractivity contribution is -0.141. The SMILES string of the molecule is CC1CCCC1NC1(CC(=O)O)CN(C(=O)OC(C)(C)C)C1. The Kier molecular flexibility index (Phi) is 4.70. The lowest BCUT2D eigenvalue weighted by Gasteiger charge is -2.51. The molecule has 1 amide bonds. The van der Waals surface area contributed by atoms with Crippen LogP contribution in [0.2, 0.25) is 0 Å². The van der Waals surface area contributed by atoms with Crippen molar-refractivity contribution in [3.63, 3.8) is 0 Å². The first-order valence-corrected chi connectivity index (χ1v) is 8.08. The van der Waals surface area contributed by atoms with E-state index >= 15 is 0 Å². The molecule has 2 aliphatic rings. The topological polar surface area (TPSA) is 78.9 Å². The Bertz CT molecular complexity index is 438. The number of likely N-dealkylation sites (tertiary alicyclic amines) is 1. The number of ether oxygens (including phenoxy) is 1. The maximum absolute atomic E-state index is 12.0. The molecule has 2 rings (SSSR count). The number of amides is 1. The first-order valence-electron chi connectivity index (χ1n) is 8.08. The Morgan fingerprint density at radius 1 is 1.32 bits per heavy atom. The summed E-state index contributed by atoms with van der Waals surface area (Å²) in [5.41, 5.74) is -1.04. The van der Waals surface area contributed by atoms with Gasteiger partial charge in [0, 0.05) is 19.1 Å². The highest BCUT2D eigenvalue weighted by Crippen LogP contribution is 2.32. The van der Waals surface area contributed by atoms with Gasteiger partial charge in [-0.05, 0) is 39.5 Å². The molecule has 0 bridgehead atoms. The summed E-state index contributed by atoms with van der Waals surface area (Å²) in [6.45, 7) is 8.48. The lowest BCUT2D eigenvalue weighted by atomic mass is 9.84. The Hall–Kier alpha value is -1.30. The van der Waals surface area contributed by atoms with E-state index in [2.05, 4.69) is 12.2 Å². The molecule has 0 aromatic rings. The van der Waals surface area contributed by atoms with Crippen LogP contribution in [0.4, 0.5) is 4.79 Å². The lowest BCUT2D eigenvalue weighted by Crippen LogP contribution is -2.73. The Morgan fingerprint density at radius 2 is 1.95 bits per heavy atom. The first kappa shape index (κ1) is 17.1. The second-order valence-corrected chi connectivity index (χ2v) is 7.85. The van der Waals surface area contributed by atoms with Crippen LogP contribution in [0.5, 0.6) is 0 Å². The van der Waals surface area contributed by atoms with Crippen LogP contribution in [-0.4, -0.2) is 52.3 Å². The van der Waals surface area contributed by atoms with Crippen molar-refractivity contribution >= 4 is 12.1 Å². The highest BCUT2D eigenvalue weighted by atomic mass is 16.6. The van der Waals surface area contributed by atoms with Crippen LogP contribution >= 0.6 is 0 Å². The quantitative estimate of drug-likeness (QED) is 0.832. The van der Waals surface area contributed by atoms with Crippen molar-refractivity contribution in [1.82, 2.24) is 10.2 Å². The van der Waals surface area contributed by atoms with E-state index in [0.29, 0.717) is 25.0 Å². The molecule has 1 saturated carbocycles. The number of rotatable bonds is 4. The molecule has 0 aromatic heterocycles. The molecular weight excluding hydrogens is 284 g/mol. The summed E-state index contributed by atoms with van der Waals surface area (Å²) in [5.74, 6) is -0.275. The van der Waals surface area contributed by atoms with Crippen molar-refractivity contribution in [3.8, 4) is 0 Å². The molecule has 6 heteroatoms. The van der Waals surface area contributed by atoms with E-state index in [9.17, 15) is 14.7 Å². The number of nitrogens with zero attached hydrogens (tertiary/aromatic N) is 1. The summed E-state index contributed by atoms with van der Waals surface area (Å²) in [6.07, 6.45) is 3.11. The van der Waals surface area contributed by atoms with Gasteiger partial charge in [-0.1, -0.05) is 13.3 Å². The van der Waals surface area contributed by atoms with Gasteiger partial charge in [0.1, 0.15) is 5.60 Å². The van der Waals surface area contributed by atoms with Crippen LogP contribution in [0.1, 0.15) is 53.4 Å². The fraction of sp³-hybridized carbons (Fsp3) is 0.875. The minimum Gasteiger partial charge on any atom is -0.481 e. The number of carboxylic acid groups (broad SMARTS) is 1. The molecular formula is C16H28N2O4. The van der Waals surface area contributed by atoms with Crippen molar-refractivity contribution in [2.24, 2.45) is 5.92 Å². The minimum atomic E-state index is -0.831. The second-order valence-electron chi connectivity index (χ2n) is 7.85. The second kappa shape index (κ2) is 6.07. The molecule has 0 radical (unpaired) electrons. The van der Waals surface area contributed by atoms with Gasteiger partial charge in [0.2, 0.25) is 0 Å². The normalized spacial score (nSPS) is 27.4. The molecule has 126 valence electrons. The smallest absolute Gasteiger partial charge is 0.410 e. The molecule has 1 aliphatic carbocycles. The van der Waals surface area contributed by atoms with E-state index in [1.165, 1.54) is 12.8 Å². The third kappa shape index (κ3) is 4.12. The Balaban J connectivity index is 1.96. The molecule has 1 heterocycles. The van der Waals surface area contributed by atoms with Crippen molar-refractivity contribution in [3.05, 3.63) is 0 Å². The molecule has 2 unspecified atom stereocenters. The van der Waals surface area contributed by atoms with Crippen molar-refractivity contribution in [2.45, 2.75) is 70.6 Å². The molecule has 6 nitrogen and oxygen atoms in total. The number of hydrogen-bond acceptors (Lipinski definition) is 4. The van der Waals surface area contributed by atoms with Gasteiger partial charge in [0.05, 0.1) is 12.0 Å². The average molecular weight is 312 g/mol. The molecule has 0 spiro atoms. The predicted molar refractivity (Wildman–Crippen MR) is 82.7 cm³/mol. The molecule has 1 saturated heterocycles. The first-order chi connectivity index (χ1) is 10.1. The van der Waals surface area contributed by atoms with Gasteiger partial charge in [-0.2, -0.15) is 0 Å². The van der Waals surface area contributed by atoms with Crippen LogP contribution in [0.15, 0.2) is 0 Å². The van der Waals surface area contributed by atoms with Crippen LogP contribution in [0, 0.1) is 5.92 Å². The predicted octanol–water partition coefficient (Wildman–Crippen LogP) is 2.23. The average Bonchev–Trinajstić information content (AvgIpc) is 2.67. The van der Waals surface area contributed by atoms with Crippen molar-refractivity contribution in [1.29, 1.82) is 0 Å². The third-order valence-electron chi connectivity index (χ3n) is 4.48. The summed E-state index contributed by atoms with van der Waals surface area (Å²) < 4.78 is 5.34. The van der Waals surface area contributed by atoms with Crippen LogP contribution in [0.3, 0.4) is 0 Å². The number of carboxylic acids is 1. The zero-order valence-corrected chi connectivity index (χ0v) is 14.0. The molecule has 2 N–H and O–H groups in total. The maximum Gasteiger partial charge on any atom is 0.410 e. The van der Waals surface area contributed by atoms with Crippen molar-refractivity contribution < 1.29 is 19.4 Å². The van der Waals surface area contributed by atoms with Gasteiger partial charge >= 0.3 is 12.1 Å². The fourth-order valence-corrected chi connectivity index (χ4v) is 3.44. The third-order valence-corrected chi connectivity index (χ3v) is 4.48. The maximum atomic E-state index is 12.0. The fourth-order valence-electron chi connectivity index (χ4n) is 3.44. The highest BCUT2D eigenvalue weighted by Gasteiger charge is 2.49. The number of hydrogen-bond donors (Lipinski definition) is 2. The van der Waals surface area contributed by atoms with E-state index in [4.69, 9.17) is 4.74 Å². The van der Waals surface area contributed by atoms with E-state index in [-0.39, 0.29) is 12.5 Å². The summed E-state index contributed by atoms with van der Waals surface area (Å²) in [5, 5.41) is 12.7. The largest absolute Gasteiger partial charge is 0.481 e. The standard InChI is InChI=1S/C16H28N2O4/c1-11-6-5-7-12(11)17-16(8-13(19)20)9-18(10-16)14(21)22-15(2,3)4/h11-12,17H,5-10H2,1-4H3,(H,19,20). The summed E-state index contributed by atoms with van der Waals surface area (Å²) in [4.78, 5) is 24.8. The molecule has 2 fully saturated rings. The molecule has 0 aromatic carbocycles. The number of carbonyl (C=O) groups excluding carboxylic acids is 1. The Morgan fingerprint density at radius 3 is 2.41 bits per heavy atom. The van der Waals surface area contributed by atoms with Crippen LogP contribution in [-0.2, 0) is 9.53 Å². The zero-order chi connectivity index (χ0) is 16.5. The van der Waals surface area contributed by atoms with Crippen molar-refractivity contribution in [2.75, 3.05) is 13.1 Å². The number of aliphatic carboxylic acids is 1. The van der Waals surface area contributed by atoms with E-state index in [1.54, 1.807) is 4.90 Å². The van der Waals surface area contributed by atoms with E-state index in [1.807, 2.05) is 20.8 Å². The van der Waals surface area contributed by atoms with Gasteiger partial charge in [-0.3, -0.25) is 4.79 Å². The highest BCUT2D eigenvalue weighted by molar-refractivity contribution is 5.73. The van der Waals surface area contributed by atoms with Gasteiger partial charge in [0.25, 0.3) is 0 Å². The van der Waals surface area contributed by atoms with Gasteiger partial charge in [-0.15, -0.1) is 0 Å². The van der Waals surface area contributed by atoms with Crippen LogP contribution < -0.4 is 5.32 Å². The zero-order valence-electron chi connectivity index (χ0n) is 14.0. The summed E-state index contributed by atoms with van der Waals surface area (Å²) >= 11 is 0.